The molecule has 0 fully saturated rings. The summed E-state index contributed by atoms with van der Waals surface area (Å²) in [5.41, 5.74) is 5.52. The molecule has 1 atom stereocenters. The van der Waals surface area contributed by atoms with Crippen LogP contribution in [0.2, 0.25) is 0 Å². The van der Waals surface area contributed by atoms with Gasteiger partial charge < -0.3 is 10.2 Å². The number of rotatable bonds is 7. The standard InChI is InChI=1S/C22H27N3O/c1-4-5-20-15-24-22(21-14-19(17(3)26)10-12-23-21)25(20)13-11-18-8-6-16(2)7-9-18/h6-10,12,14-15,22,24H,4-5,11,13H2,1-3H3. The number of pyridine rings is 1. The molecule has 4 nitrogen and oxygen atoms in total. The molecule has 136 valence electrons. The van der Waals surface area contributed by atoms with Crippen LogP contribution in [0.4, 0.5) is 0 Å². The molecule has 0 saturated carbocycles. The smallest absolute Gasteiger partial charge is 0.159 e. The molecular weight excluding hydrogens is 322 g/mol. The molecule has 1 aliphatic heterocycles. The average molecular weight is 349 g/mol. The highest BCUT2D eigenvalue weighted by Crippen LogP contribution is 2.29. The van der Waals surface area contributed by atoms with Gasteiger partial charge in [0, 0.05) is 30.2 Å². The Morgan fingerprint density at radius 3 is 2.65 bits per heavy atom. The summed E-state index contributed by atoms with van der Waals surface area (Å²) in [7, 11) is 0. The van der Waals surface area contributed by atoms with Crippen LogP contribution in [0.25, 0.3) is 0 Å². The van der Waals surface area contributed by atoms with Crippen molar-refractivity contribution in [1.29, 1.82) is 0 Å². The van der Waals surface area contributed by atoms with Crippen LogP contribution >= 0.6 is 0 Å². The van der Waals surface area contributed by atoms with Gasteiger partial charge in [-0.3, -0.25) is 9.78 Å². The van der Waals surface area contributed by atoms with Crippen LogP contribution in [0, 0.1) is 6.92 Å². The third-order valence-electron chi connectivity index (χ3n) is 4.82. The second kappa shape index (κ2) is 8.17. The molecule has 4 heteroatoms. The van der Waals surface area contributed by atoms with Gasteiger partial charge in [-0.15, -0.1) is 0 Å². The lowest BCUT2D eigenvalue weighted by molar-refractivity contribution is 0.101. The molecule has 1 unspecified atom stereocenters. The van der Waals surface area contributed by atoms with Gasteiger partial charge in [-0.1, -0.05) is 43.2 Å². The van der Waals surface area contributed by atoms with E-state index in [9.17, 15) is 4.79 Å². The van der Waals surface area contributed by atoms with Crippen molar-refractivity contribution in [3.05, 3.63) is 76.9 Å². The molecular formula is C22H27N3O. The second-order valence-corrected chi connectivity index (χ2v) is 6.91. The minimum Gasteiger partial charge on any atom is -0.365 e. The molecule has 1 aromatic heterocycles. The molecule has 1 N–H and O–H groups in total. The van der Waals surface area contributed by atoms with Crippen molar-refractivity contribution in [2.24, 2.45) is 0 Å². The maximum absolute atomic E-state index is 11.7. The lowest BCUT2D eigenvalue weighted by atomic mass is 10.1. The molecule has 26 heavy (non-hydrogen) atoms. The Balaban J connectivity index is 1.79. The molecule has 3 rings (SSSR count). The first kappa shape index (κ1) is 18.2. The Kier molecular flexibility index (Phi) is 5.71. The number of aromatic nitrogens is 1. The maximum Gasteiger partial charge on any atom is 0.159 e. The Bertz CT molecular complexity index is 795. The van der Waals surface area contributed by atoms with E-state index in [0.29, 0.717) is 5.56 Å². The van der Waals surface area contributed by atoms with E-state index in [1.165, 1.54) is 16.8 Å². The third-order valence-corrected chi connectivity index (χ3v) is 4.82. The van der Waals surface area contributed by atoms with Crippen molar-refractivity contribution in [1.82, 2.24) is 15.2 Å². The lowest BCUT2D eigenvalue weighted by Crippen LogP contribution is -2.31. The number of benzene rings is 1. The zero-order valence-corrected chi connectivity index (χ0v) is 15.8. The molecule has 1 aromatic carbocycles. The van der Waals surface area contributed by atoms with Gasteiger partial charge in [0.2, 0.25) is 0 Å². The van der Waals surface area contributed by atoms with Crippen LogP contribution < -0.4 is 5.32 Å². The van der Waals surface area contributed by atoms with Crippen molar-refractivity contribution in [2.45, 2.75) is 46.2 Å². The molecule has 0 saturated heterocycles. The number of ketones is 1. The number of hydrogen-bond donors (Lipinski definition) is 1. The fourth-order valence-electron chi connectivity index (χ4n) is 3.32. The number of carbonyl (C=O) groups is 1. The number of aryl methyl sites for hydroxylation is 1. The van der Waals surface area contributed by atoms with Crippen molar-refractivity contribution >= 4 is 5.78 Å². The van der Waals surface area contributed by atoms with Crippen LogP contribution in [0.15, 0.2) is 54.5 Å². The summed E-state index contributed by atoms with van der Waals surface area (Å²) in [5, 5.41) is 3.46. The van der Waals surface area contributed by atoms with Gasteiger partial charge in [0.1, 0.15) is 6.17 Å². The molecule has 0 radical (unpaired) electrons. The van der Waals surface area contributed by atoms with E-state index in [1.54, 1.807) is 19.2 Å². The molecule has 0 aliphatic carbocycles. The monoisotopic (exact) mass is 349 g/mol. The number of allylic oxidation sites excluding steroid dienone is 1. The quantitative estimate of drug-likeness (QED) is 0.754. The molecule has 2 heterocycles. The summed E-state index contributed by atoms with van der Waals surface area (Å²) < 4.78 is 0. The fraction of sp³-hybridized carbons (Fsp3) is 0.364. The van der Waals surface area contributed by atoms with Crippen molar-refractivity contribution in [2.75, 3.05) is 6.54 Å². The maximum atomic E-state index is 11.7. The first-order valence-corrected chi connectivity index (χ1v) is 9.32. The molecule has 1 aliphatic rings. The normalized spacial score (nSPS) is 16.3. The SMILES string of the molecule is CCCC1=CNC(c2cc(C(C)=O)ccn2)N1CCc1ccc(C)cc1. The number of nitrogens with zero attached hydrogens (tertiary/aromatic N) is 2. The van der Waals surface area contributed by atoms with Crippen LogP contribution in [-0.2, 0) is 6.42 Å². The van der Waals surface area contributed by atoms with Gasteiger partial charge in [-0.05, 0) is 44.4 Å². The van der Waals surface area contributed by atoms with E-state index >= 15 is 0 Å². The molecule has 2 aromatic rings. The van der Waals surface area contributed by atoms with E-state index in [2.05, 4.69) is 59.5 Å². The van der Waals surface area contributed by atoms with Crippen LogP contribution in [0.1, 0.15) is 60.0 Å². The summed E-state index contributed by atoms with van der Waals surface area (Å²) in [5.74, 6) is 0.0691. The van der Waals surface area contributed by atoms with E-state index in [4.69, 9.17) is 0 Å². The summed E-state index contributed by atoms with van der Waals surface area (Å²) >= 11 is 0. The minimum atomic E-state index is -0.0127. The second-order valence-electron chi connectivity index (χ2n) is 6.91. The summed E-state index contributed by atoms with van der Waals surface area (Å²) in [6.45, 7) is 6.82. The van der Waals surface area contributed by atoms with Crippen LogP contribution in [0.5, 0.6) is 0 Å². The highest BCUT2D eigenvalue weighted by atomic mass is 16.1. The van der Waals surface area contributed by atoms with E-state index in [-0.39, 0.29) is 11.9 Å². The number of carbonyl (C=O) groups excluding carboxylic acids is 1. The summed E-state index contributed by atoms with van der Waals surface area (Å²) in [6.07, 6.45) is 6.92. The Hall–Kier alpha value is -2.62. The Morgan fingerprint density at radius 1 is 1.19 bits per heavy atom. The minimum absolute atomic E-state index is 0.0127. The largest absolute Gasteiger partial charge is 0.365 e. The van der Waals surface area contributed by atoms with Gasteiger partial charge in [-0.2, -0.15) is 0 Å². The van der Waals surface area contributed by atoms with Gasteiger partial charge in [-0.25, -0.2) is 0 Å². The van der Waals surface area contributed by atoms with Crippen molar-refractivity contribution in [3.63, 3.8) is 0 Å². The van der Waals surface area contributed by atoms with Crippen molar-refractivity contribution < 1.29 is 4.79 Å². The van der Waals surface area contributed by atoms with Crippen molar-refractivity contribution in [3.8, 4) is 0 Å². The van der Waals surface area contributed by atoms with Crippen LogP contribution in [0.3, 0.4) is 0 Å². The van der Waals surface area contributed by atoms with Gasteiger partial charge >= 0.3 is 0 Å². The number of Topliss-reactive ketones (excluding diaryl/α,β-unsaturated/α-hetero) is 1. The Morgan fingerprint density at radius 2 is 1.96 bits per heavy atom. The highest BCUT2D eigenvalue weighted by molar-refractivity contribution is 5.94. The first-order chi connectivity index (χ1) is 12.6. The lowest BCUT2D eigenvalue weighted by Gasteiger charge is -2.29. The van der Waals surface area contributed by atoms with E-state index < -0.39 is 0 Å². The van der Waals surface area contributed by atoms with Crippen LogP contribution in [-0.4, -0.2) is 22.2 Å². The molecule has 0 bridgehead atoms. The number of hydrogen-bond acceptors (Lipinski definition) is 4. The average Bonchev–Trinajstić information content (AvgIpc) is 3.04. The predicted molar refractivity (Wildman–Crippen MR) is 105 cm³/mol. The Labute approximate surface area is 155 Å². The topological polar surface area (TPSA) is 45.2 Å². The summed E-state index contributed by atoms with van der Waals surface area (Å²) in [6, 6.07) is 12.4. The van der Waals surface area contributed by atoms with Gasteiger partial charge in [0.25, 0.3) is 0 Å². The zero-order valence-electron chi connectivity index (χ0n) is 15.8. The number of nitrogens with one attached hydrogen (secondary N) is 1. The first-order valence-electron chi connectivity index (χ1n) is 9.32. The van der Waals surface area contributed by atoms with Gasteiger partial charge in [0.05, 0.1) is 5.69 Å². The van der Waals surface area contributed by atoms with Gasteiger partial charge in [0.15, 0.2) is 5.78 Å². The predicted octanol–water partition coefficient (Wildman–Crippen LogP) is 4.38. The fourth-order valence-corrected chi connectivity index (χ4v) is 3.32. The van der Waals surface area contributed by atoms with E-state index in [1.807, 2.05) is 6.07 Å². The zero-order chi connectivity index (χ0) is 18.5. The molecule has 0 spiro atoms. The molecule has 0 amide bonds. The third kappa shape index (κ3) is 4.13. The summed E-state index contributed by atoms with van der Waals surface area (Å²) in [4.78, 5) is 18.6. The van der Waals surface area contributed by atoms with E-state index in [0.717, 1.165) is 31.5 Å². The highest BCUT2D eigenvalue weighted by Gasteiger charge is 2.27.